The number of nitrogens with one attached hydrogen (secondary N) is 1. The van der Waals surface area contributed by atoms with E-state index in [0.717, 1.165) is 19.4 Å². The predicted octanol–water partition coefficient (Wildman–Crippen LogP) is 2.79. The number of hydrogen-bond acceptors (Lipinski definition) is 3. The largest absolute Gasteiger partial charge is 0.373 e. The van der Waals surface area contributed by atoms with E-state index >= 15 is 0 Å². The van der Waals surface area contributed by atoms with Gasteiger partial charge in [0.2, 0.25) is 0 Å². The summed E-state index contributed by atoms with van der Waals surface area (Å²) >= 11 is 6.13. The molecular formula is C14H18ClN3O. The Bertz CT molecular complexity index is 497. The van der Waals surface area contributed by atoms with Crippen LogP contribution in [0.2, 0.25) is 5.02 Å². The van der Waals surface area contributed by atoms with E-state index in [1.54, 1.807) is 19.2 Å². The summed E-state index contributed by atoms with van der Waals surface area (Å²) in [5.74, 6) is 1.35. The summed E-state index contributed by atoms with van der Waals surface area (Å²) in [6, 6.07) is 3.92. The minimum atomic E-state index is -0.0171. The zero-order valence-corrected chi connectivity index (χ0v) is 11.8. The molecule has 3 rings (SSSR count). The number of hydrogen-bond donors (Lipinski definition) is 1. The minimum absolute atomic E-state index is 0.0171. The topological polar surface area (TPSA) is 45.2 Å². The van der Waals surface area contributed by atoms with Crippen LogP contribution < -0.4 is 5.32 Å². The lowest BCUT2D eigenvalue weighted by molar-refractivity contribution is 0.0729. The molecule has 0 aliphatic heterocycles. The van der Waals surface area contributed by atoms with Gasteiger partial charge in [0.15, 0.2) is 0 Å². The summed E-state index contributed by atoms with van der Waals surface area (Å²) in [5.41, 5.74) is 0.376. The van der Waals surface area contributed by atoms with Crippen molar-refractivity contribution in [2.75, 3.05) is 18.9 Å². The summed E-state index contributed by atoms with van der Waals surface area (Å²) < 4.78 is 0. The fourth-order valence-electron chi connectivity index (χ4n) is 2.23. The molecule has 0 spiro atoms. The Hall–Kier alpha value is -1.29. The molecule has 1 amide bonds. The van der Waals surface area contributed by atoms with Crippen LogP contribution in [0.25, 0.3) is 0 Å². The maximum absolute atomic E-state index is 12.6. The van der Waals surface area contributed by atoms with Gasteiger partial charge >= 0.3 is 0 Å². The first-order chi connectivity index (χ1) is 9.19. The van der Waals surface area contributed by atoms with E-state index in [0.29, 0.717) is 28.5 Å². The third-order valence-electron chi connectivity index (χ3n) is 3.71. The van der Waals surface area contributed by atoms with Crippen LogP contribution in [0.3, 0.4) is 0 Å². The fourth-order valence-corrected chi connectivity index (χ4v) is 2.42. The highest BCUT2D eigenvalue weighted by Gasteiger charge is 2.37. The number of amides is 1. The zero-order valence-electron chi connectivity index (χ0n) is 11.0. The second kappa shape index (κ2) is 5.00. The van der Waals surface area contributed by atoms with Crippen molar-refractivity contribution >= 4 is 23.3 Å². The smallest absolute Gasteiger partial charge is 0.274 e. The monoisotopic (exact) mass is 279 g/mol. The zero-order chi connectivity index (χ0) is 13.4. The number of aromatic nitrogens is 1. The molecule has 1 aromatic rings. The molecule has 0 aromatic carbocycles. The normalized spacial score (nSPS) is 18.2. The second-order valence-electron chi connectivity index (χ2n) is 5.41. The van der Waals surface area contributed by atoms with Gasteiger partial charge < -0.3 is 10.2 Å². The third-order valence-corrected chi connectivity index (χ3v) is 4.01. The molecule has 0 bridgehead atoms. The molecule has 0 unspecified atom stereocenters. The van der Waals surface area contributed by atoms with Crippen molar-refractivity contribution in [3.05, 3.63) is 22.8 Å². The summed E-state index contributed by atoms with van der Waals surface area (Å²) in [7, 11) is 1.79. The van der Waals surface area contributed by atoms with Gasteiger partial charge in [0.05, 0.1) is 5.02 Å². The van der Waals surface area contributed by atoms with Crippen molar-refractivity contribution in [1.82, 2.24) is 9.88 Å². The van der Waals surface area contributed by atoms with Crippen LogP contribution in [0.15, 0.2) is 12.1 Å². The molecule has 5 heteroatoms. The van der Waals surface area contributed by atoms with Crippen LogP contribution in [0.5, 0.6) is 0 Å². The Kier molecular flexibility index (Phi) is 3.35. The summed E-state index contributed by atoms with van der Waals surface area (Å²) in [6.45, 7) is 0.866. The van der Waals surface area contributed by atoms with Crippen LogP contribution in [0, 0.1) is 5.92 Å². The lowest BCUT2D eigenvalue weighted by Crippen LogP contribution is -2.35. The van der Waals surface area contributed by atoms with Crippen LogP contribution >= 0.6 is 11.6 Å². The van der Waals surface area contributed by atoms with Crippen molar-refractivity contribution in [1.29, 1.82) is 0 Å². The quantitative estimate of drug-likeness (QED) is 0.901. The van der Waals surface area contributed by atoms with E-state index in [9.17, 15) is 4.79 Å². The average Bonchev–Trinajstić information content (AvgIpc) is 3.28. The minimum Gasteiger partial charge on any atom is -0.373 e. The third kappa shape index (κ3) is 2.84. The molecule has 0 saturated heterocycles. The highest BCUT2D eigenvalue weighted by molar-refractivity contribution is 6.33. The van der Waals surface area contributed by atoms with Crippen molar-refractivity contribution in [2.24, 2.45) is 5.92 Å². The van der Waals surface area contributed by atoms with Gasteiger partial charge in [-0.3, -0.25) is 4.79 Å². The Labute approximate surface area is 118 Å². The highest BCUT2D eigenvalue weighted by Crippen LogP contribution is 2.36. The number of halogens is 1. The molecule has 2 saturated carbocycles. The molecule has 1 aromatic heterocycles. The van der Waals surface area contributed by atoms with E-state index < -0.39 is 0 Å². The van der Waals surface area contributed by atoms with Gasteiger partial charge in [0.1, 0.15) is 11.5 Å². The first-order valence-corrected chi connectivity index (χ1v) is 7.22. The van der Waals surface area contributed by atoms with Gasteiger partial charge in [-0.1, -0.05) is 11.6 Å². The van der Waals surface area contributed by atoms with Crippen LogP contribution in [0.4, 0.5) is 5.82 Å². The molecule has 4 nitrogen and oxygen atoms in total. The standard InChI is InChI=1S/C14H18ClN3O/c1-16-12-7-6-11(15)13(17-12)14(19)18(10-4-5-10)8-9-2-3-9/h6-7,9-10H,2-5,8H2,1H3,(H,16,17). The summed E-state index contributed by atoms with van der Waals surface area (Å²) in [6.07, 6.45) is 4.71. The second-order valence-corrected chi connectivity index (χ2v) is 5.82. The van der Waals surface area contributed by atoms with E-state index in [2.05, 4.69) is 10.3 Å². The molecule has 19 heavy (non-hydrogen) atoms. The van der Waals surface area contributed by atoms with Gasteiger partial charge in [-0.25, -0.2) is 4.98 Å². The van der Waals surface area contributed by atoms with Gasteiger partial charge in [-0.15, -0.1) is 0 Å². The van der Waals surface area contributed by atoms with Gasteiger partial charge in [-0.05, 0) is 43.7 Å². The molecule has 1 N–H and O–H groups in total. The van der Waals surface area contributed by atoms with Crippen molar-refractivity contribution in [3.8, 4) is 0 Å². The van der Waals surface area contributed by atoms with Gasteiger partial charge in [0, 0.05) is 19.6 Å². The molecular weight excluding hydrogens is 262 g/mol. The first kappa shape index (κ1) is 12.7. The van der Waals surface area contributed by atoms with Crippen LogP contribution in [-0.2, 0) is 0 Å². The number of pyridine rings is 1. The fraction of sp³-hybridized carbons (Fsp3) is 0.571. The Morgan fingerprint density at radius 1 is 1.42 bits per heavy atom. The van der Waals surface area contributed by atoms with Crippen LogP contribution in [0.1, 0.15) is 36.2 Å². The predicted molar refractivity (Wildman–Crippen MR) is 75.6 cm³/mol. The highest BCUT2D eigenvalue weighted by atomic mass is 35.5. The SMILES string of the molecule is CNc1ccc(Cl)c(C(=O)N(CC2CC2)C2CC2)n1. The van der Waals surface area contributed by atoms with Crippen molar-refractivity contribution < 1.29 is 4.79 Å². The first-order valence-electron chi connectivity index (χ1n) is 6.84. The number of carbonyl (C=O) groups is 1. The number of nitrogens with zero attached hydrogens (tertiary/aromatic N) is 2. The van der Waals surface area contributed by atoms with Crippen LogP contribution in [-0.4, -0.2) is 35.4 Å². The molecule has 1 heterocycles. The van der Waals surface area contributed by atoms with E-state index in [1.807, 2.05) is 4.90 Å². The van der Waals surface area contributed by atoms with Gasteiger partial charge in [0.25, 0.3) is 5.91 Å². The molecule has 0 atom stereocenters. The van der Waals surface area contributed by atoms with E-state index in [1.165, 1.54) is 12.8 Å². The maximum Gasteiger partial charge on any atom is 0.274 e. The maximum atomic E-state index is 12.6. The van der Waals surface area contributed by atoms with E-state index in [4.69, 9.17) is 11.6 Å². The van der Waals surface area contributed by atoms with Crippen molar-refractivity contribution in [3.63, 3.8) is 0 Å². The molecule has 2 fully saturated rings. The molecule has 2 aliphatic carbocycles. The molecule has 2 aliphatic rings. The summed E-state index contributed by atoms with van der Waals surface area (Å²) in [4.78, 5) is 18.9. The number of anilines is 1. The lowest BCUT2D eigenvalue weighted by Gasteiger charge is -2.22. The van der Waals surface area contributed by atoms with Gasteiger partial charge in [-0.2, -0.15) is 0 Å². The summed E-state index contributed by atoms with van der Waals surface area (Å²) in [5, 5.41) is 3.38. The Morgan fingerprint density at radius 3 is 2.74 bits per heavy atom. The van der Waals surface area contributed by atoms with E-state index in [-0.39, 0.29) is 5.91 Å². The lowest BCUT2D eigenvalue weighted by atomic mass is 10.2. The average molecular weight is 280 g/mol. The molecule has 0 radical (unpaired) electrons. The molecule has 102 valence electrons. The number of rotatable bonds is 5. The Morgan fingerprint density at radius 2 is 2.16 bits per heavy atom. The van der Waals surface area contributed by atoms with Crippen molar-refractivity contribution in [2.45, 2.75) is 31.7 Å². The number of carbonyl (C=O) groups excluding carboxylic acids is 1. The Balaban J connectivity index is 1.83.